The Bertz CT molecular complexity index is 451. The molecule has 1 aliphatic carbocycles. The molecule has 2 unspecified atom stereocenters. The van der Waals surface area contributed by atoms with E-state index in [1.165, 1.54) is 12.1 Å². The summed E-state index contributed by atoms with van der Waals surface area (Å²) >= 11 is 0. The van der Waals surface area contributed by atoms with Crippen LogP contribution >= 0.6 is 0 Å². The predicted molar refractivity (Wildman–Crippen MR) is 62.0 cm³/mol. The monoisotopic (exact) mass is 255 g/mol. The molecule has 1 aliphatic rings. The van der Waals surface area contributed by atoms with Crippen molar-refractivity contribution in [2.45, 2.75) is 25.4 Å². The van der Waals surface area contributed by atoms with Crippen molar-refractivity contribution in [3.8, 4) is 0 Å². The highest BCUT2D eigenvalue weighted by molar-refractivity contribution is 5.94. The van der Waals surface area contributed by atoms with E-state index >= 15 is 0 Å². The number of halogens is 2. The first kappa shape index (κ1) is 13.0. The smallest absolute Gasteiger partial charge is 0.254 e. The zero-order chi connectivity index (χ0) is 13.1. The fraction of sp³-hybridized carbons (Fsp3) is 0.462. The number of amides is 1. The first-order chi connectivity index (χ1) is 8.59. The van der Waals surface area contributed by atoms with Crippen LogP contribution < -0.4 is 5.32 Å². The van der Waals surface area contributed by atoms with E-state index in [2.05, 4.69) is 5.32 Å². The van der Waals surface area contributed by atoms with Crippen LogP contribution in [0.3, 0.4) is 0 Å². The van der Waals surface area contributed by atoms with Gasteiger partial charge in [-0.15, -0.1) is 0 Å². The van der Waals surface area contributed by atoms with Crippen molar-refractivity contribution in [1.29, 1.82) is 0 Å². The van der Waals surface area contributed by atoms with Crippen LogP contribution in [-0.4, -0.2) is 23.7 Å². The third-order valence-electron chi connectivity index (χ3n) is 3.34. The average molecular weight is 255 g/mol. The second kappa shape index (κ2) is 5.44. The summed E-state index contributed by atoms with van der Waals surface area (Å²) in [6.45, 7) is 0.288. The number of hydrogen-bond acceptors (Lipinski definition) is 2. The summed E-state index contributed by atoms with van der Waals surface area (Å²) in [5.74, 6) is -2.82. The van der Waals surface area contributed by atoms with Gasteiger partial charge in [0.15, 0.2) is 11.6 Å². The van der Waals surface area contributed by atoms with Gasteiger partial charge in [0.1, 0.15) is 0 Å². The van der Waals surface area contributed by atoms with Gasteiger partial charge in [0.2, 0.25) is 0 Å². The molecule has 1 saturated carbocycles. The molecule has 1 fully saturated rings. The second-order valence-electron chi connectivity index (χ2n) is 4.57. The van der Waals surface area contributed by atoms with Crippen LogP contribution in [0.15, 0.2) is 18.2 Å². The molecule has 1 amide bonds. The first-order valence-corrected chi connectivity index (χ1v) is 6.00. The van der Waals surface area contributed by atoms with Crippen LogP contribution in [0.1, 0.15) is 29.6 Å². The summed E-state index contributed by atoms with van der Waals surface area (Å²) in [6.07, 6.45) is 2.08. The Kier molecular flexibility index (Phi) is 3.91. The Morgan fingerprint density at radius 3 is 2.83 bits per heavy atom. The number of hydrogen-bond donors (Lipinski definition) is 2. The predicted octanol–water partition coefficient (Wildman–Crippen LogP) is 1.86. The molecule has 2 N–H and O–H groups in total. The molecule has 2 rings (SSSR count). The van der Waals surface area contributed by atoms with Gasteiger partial charge in [-0.25, -0.2) is 8.78 Å². The Morgan fingerprint density at radius 2 is 2.17 bits per heavy atom. The van der Waals surface area contributed by atoms with Crippen LogP contribution in [0.4, 0.5) is 8.78 Å². The molecule has 0 spiro atoms. The zero-order valence-electron chi connectivity index (χ0n) is 9.83. The maximum absolute atomic E-state index is 13.3. The molecular formula is C13H15F2NO2. The Labute approximate surface area is 104 Å². The highest BCUT2D eigenvalue weighted by Crippen LogP contribution is 2.24. The topological polar surface area (TPSA) is 49.3 Å². The molecule has 0 heterocycles. The lowest BCUT2D eigenvalue weighted by atomic mass is 10.1. The van der Waals surface area contributed by atoms with Gasteiger partial charge in [0, 0.05) is 12.5 Å². The molecule has 3 nitrogen and oxygen atoms in total. The van der Waals surface area contributed by atoms with E-state index in [0.717, 1.165) is 25.3 Å². The number of carbonyl (C=O) groups excluding carboxylic acids is 1. The Morgan fingerprint density at radius 1 is 1.39 bits per heavy atom. The minimum absolute atomic E-state index is 0.00516. The number of aliphatic hydroxyl groups excluding tert-OH is 1. The quantitative estimate of drug-likeness (QED) is 0.866. The fourth-order valence-corrected chi connectivity index (χ4v) is 2.25. The van der Waals surface area contributed by atoms with E-state index in [1.54, 1.807) is 0 Å². The molecule has 18 heavy (non-hydrogen) atoms. The lowest BCUT2D eigenvalue weighted by Gasteiger charge is -2.15. The SMILES string of the molecule is O=C(NCC1CCCC1O)c1cccc(F)c1F. The lowest BCUT2D eigenvalue weighted by Crippen LogP contribution is -2.33. The van der Waals surface area contributed by atoms with Crippen LogP contribution in [-0.2, 0) is 0 Å². The summed E-state index contributed by atoms with van der Waals surface area (Å²) in [7, 11) is 0. The van der Waals surface area contributed by atoms with E-state index in [1.807, 2.05) is 0 Å². The van der Waals surface area contributed by atoms with Crippen molar-refractivity contribution in [3.63, 3.8) is 0 Å². The molecule has 0 radical (unpaired) electrons. The molecular weight excluding hydrogens is 240 g/mol. The number of nitrogens with one attached hydrogen (secondary N) is 1. The first-order valence-electron chi connectivity index (χ1n) is 6.00. The van der Waals surface area contributed by atoms with Gasteiger partial charge in [-0.3, -0.25) is 4.79 Å². The van der Waals surface area contributed by atoms with Crippen molar-refractivity contribution in [3.05, 3.63) is 35.4 Å². The minimum Gasteiger partial charge on any atom is -0.393 e. The van der Waals surface area contributed by atoms with E-state index in [9.17, 15) is 18.7 Å². The van der Waals surface area contributed by atoms with E-state index in [-0.39, 0.29) is 18.0 Å². The number of aliphatic hydroxyl groups is 1. The van der Waals surface area contributed by atoms with Crippen LogP contribution in [0, 0.1) is 17.6 Å². The molecule has 5 heteroatoms. The Hall–Kier alpha value is -1.49. The van der Waals surface area contributed by atoms with Crippen molar-refractivity contribution in [1.82, 2.24) is 5.32 Å². The molecule has 0 aromatic heterocycles. The summed E-state index contributed by atoms with van der Waals surface area (Å²) in [6, 6.07) is 3.49. The third kappa shape index (κ3) is 2.67. The summed E-state index contributed by atoms with van der Waals surface area (Å²) in [5, 5.41) is 12.1. The van der Waals surface area contributed by atoms with Gasteiger partial charge in [-0.1, -0.05) is 12.5 Å². The molecule has 0 bridgehead atoms. The summed E-state index contributed by atoms with van der Waals surface area (Å²) in [5.41, 5.74) is -0.303. The van der Waals surface area contributed by atoms with Crippen LogP contribution in [0.25, 0.3) is 0 Å². The van der Waals surface area contributed by atoms with Crippen LogP contribution in [0.2, 0.25) is 0 Å². The number of rotatable bonds is 3. The van der Waals surface area contributed by atoms with E-state index in [4.69, 9.17) is 0 Å². The van der Waals surface area contributed by atoms with Crippen molar-refractivity contribution in [2.75, 3.05) is 6.54 Å². The standard InChI is InChI=1S/C13H15F2NO2/c14-10-5-2-4-9(12(10)15)13(18)16-7-8-3-1-6-11(8)17/h2,4-5,8,11,17H,1,3,6-7H2,(H,16,18). The molecule has 98 valence electrons. The summed E-state index contributed by atoms with van der Waals surface area (Å²) < 4.78 is 26.3. The normalized spacial score (nSPS) is 23.1. The fourth-order valence-electron chi connectivity index (χ4n) is 2.25. The molecule has 1 aromatic rings. The molecule has 1 aromatic carbocycles. The van der Waals surface area contributed by atoms with Gasteiger partial charge >= 0.3 is 0 Å². The van der Waals surface area contributed by atoms with Crippen molar-refractivity contribution >= 4 is 5.91 Å². The zero-order valence-corrected chi connectivity index (χ0v) is 9.83. The van der Waals surface area contributed by atoms with E-state index < -0.39 is 23.6 Å². The van der Waals surface area contributed by atoms with Gasteiger partial charge in [-0.2, -0.15) is 0 Å². The van der Waals surface area contributed by atoms with E-state index in [0.29, 0.717) is 0 Å². The molecule has 0 saturated heterocycles. The Balaban J connectivity index is 1.97. The molecule has 0 aliphatic heterocycles. The van der Waals surface area contributed by atoms with Crippen LogP contribution in [0.5, 0.6) is 0 Å². The average Bonchev–Trinajstić information content (AvgIpc) is 2.75. The highest BCUT2D eigenvalue weighted by Gasteiger charge is 2.26. The number of benzene rings is 1. The minimum atomic E-state index is -1.14. The molecule has 2 atom stereocenters. The van der Waals surface area contributed by atoms with Gasteiger partial charge in [0.05, 0.1) is 11.7 Å². The van der Waals surface area contributed by atoms with Gasteiger partial charge in [-0.05, 0) is 25.0 Å². The lowest BCUT2D eigenvalue weighted by molar-refractivity contribution is 0.0912. The highest BCUT2D eigenvalue weighted by atomic mass is 19.2. The largest absolute Gasteiger partial charge is 0.393 e. The number of carbonyl (C=O) groups is 1. The van der Waals surface area contributed by atoms with Gasteiger partial charge in [0.25, 0.3) is 5.91 Å². The second-order valence-corrected chi connectivity index (χ2v) is 4.57. The third-order valence-corrected chi connectivity index (χ3v) is 3.34. The van der Waals surface area contributed by atoms with Crippen molar-refractivity contribution in [2.24, 2.45) is 5.92 Å². The summed E-state index contributed by atoms with van der Waals surface area (Å²) in [4.78, 5) is 11.7. The van der Waals surface area contributed by atoms with Gasteiger partial charge < -0.3 is 10.4 Å². The van der Waals surface area contributed by atoms with Crippen molar-refractivity contribution < 1.29 is 18.7 Å². The maximum atomic E-state index is 13.3. The maximum Gasteiger partial charge on any atom is 0.254 e.